The maximum absolute atomic E-state index is 10.3. The molecule has 0 spiro atoms. The Morgan fingerprint density at radius 1 is 1.12 bits per heavy atom. The van der Waals surface area contributed by atoms with Crippen molar-refractivity contribution in [2.24, 2.45) is 5.92 Å². The molecule has 97 valence electrons. The van der Waals surface area contributed by atoms with Crippen LogP contribution < -0.4 is 0 Å². The molecule has 0 rings (SSSR count). The largest absolute Gasteiger partial charge is 0.388 e. The van der Waals surface area contributed by atoms with Crippen LogP contribution in [-0.4, -0.2) is 31.0 Å². The summed E-state index contributed by atoms with van der Waals surface area (Å²) in [5, 5.41) is 19.3. The van der Waals surface area contributed by atoms with E-state index in [2.05, 4.69) is 13.8 Å². The van der Waals surface area contributed by atoms with Crippen molar-refractivity contribution >= 4 is 0 Å². The molecular formula is C13H27O3. The molecule has 0 bridgehead atoms. The second-order valence-corrected chi connectivity index (χ2v) is 4.48. The van der Waals surface area contributed by atoms with Gasteiger partial charge in [-0.2, -0.15) is 0 Å². The van der Waals surface area contributed by atoms with Gasteiger partial charge in [0.05, 0.1) is 6.61 Å². The van der Waals surface area contributed by atoms with Crippen molar-refractivity contribution in [1.82, 2.24) is 0 Å². The van der Waals surface area contributed by atoms with Crippen molar-refractivity contribution < 1.29 is 14.9 Å². The van der Waals surface area contributed by atoms with Gasteiger partial charge in [-0.05, 0) is 12.3 Å². The second kappa shape index (κ2) is 11.4. The topological polar surface area (TPSA) is 49.4 Å². The minimum atomic E-state index is -0.836. The molecule has 0 heterocycles. The van der Waals surface area contributed by atoms with Crippen LogP contribution in [0.25, 0.3) is 0 Å². The number of hydrogen-bond acceptors (Lipinski definition) is 2. The van der Waals surface area contributed by atoms with Gasteiger partial charge >= 0.3 is 0 Å². The van der Waals surface area contributed by atoms with E-state index in [0.29, 0.717) is 12.5 Å². The van der Waals surface area contributed by atoms with E-state index in [1.807, 2.05) is 0 Å². The van der Waals surface area contributed by atoms with Crippen LogP contribution in [-0.2, 0) is 9.84 Å². The monoisotopic (exact) mass is 231 g/mol. The molecule has 0 aromatic carbocycles. The maximum atomic E-state index is 10.3. The highest BCUT2D eigenvalue weighted by molar-refractivity contribution is 4.58. The Labute approximate surface area is 99.8 Å². The van der Waals surface area contributed by atoms with Crippen LogP contribution in [0.1, 0.15) is 52.4 Å². The molecule has 16 heavy (non-hydrogen) atoms. The predicted octanol–water partition coefficient (Wildman–Crippen LogP) is 2.79. The zero-order valence-electron chi connectivity index (χ0n) is 10.8. The summed E-state index contributed by atoms with van der Waals surface area (Å²) >= 11 is 0. The molecular weight excluding hydrogens is 204 g/mol. The van der Waals surface area contributed by atoms with Gasteiger partial charge in [0.25, 0.3) is 0 Å². The number of aliphatic hydroxyl groups is 1. The van der Waals surface area contributed by atoms with E-state index in [-0.39, 0.29) is 6.61 Å². The van der Waals surface area contributed by atoms with Crippen LogP contribution in [0.15, 0.2) is 0 Å². The van der Waals surface area contributed by atoms with Crippen LogP contribution in [0.3, 0.4) is 0 Å². The quantitative estimate of drug-likeness (QED) is 0.556. The van der Waals surface area contributed by atoms with Gasteiger partial charge < -0.3 is 9.84 Å². The zero-order valence-corrected chi connectivity index (χ0v) is 10.8. The number of hydrogen-bond donors (Lipinski definition) is 1. The van der Waals surface area contributed by atoms with E-state index < -0.39 is 12.7 Å². The summed E-state index contributed by atoms with van der Waals surface area (Å²) in [7, 11) is 0. The van der Waals surface area contributed by atoms with Crippen molar-refractivity contribution in [2.45, 2.75) is 58.5 Å². The first-order valence-electron chi connectivity index (χ1n) is 6.58. The van der Waals surface area contributed by atoms with Crippen molar-refractivity contribution in [2.75, 3.05) is 19.8 Å². The Morgan fingerprint density at radius 3 is 2.44 bits per heavy atom. The molecule has 0 saturated carbocycles. The van der Waals surface area contributed by atoms with Crippen LogP contribution >= 0.6 is 0 Å². The van der Waals surface area contributed by atoms with E-state index in [9.17, 15) is 5.11 Å². The van der Waals surface area contributed by atoms with Gasteiger partial charge in [-0.25, -0.2) is 5.11 Å². The fraction of sp³-hybridized carbons (Fsp3) is 1.00. The lowest BCUT2D eigenvalue weighted by molar-refractivity contribution is -0.0215. The van der Waals surface area contributed by atoms with Crippen molar-refractivity contribution in [3.05, 3.63) is 0 Å². The zero-order chi connectivity index (χ0) is 12.2. The summed E-state index contributed by atoms with van der Waals surface area (Å²) in [5.41, 5.74) is 0. The van der Waals surface area contributed by atoms with E-state index in [4.69, 9.17) is 9.84 Å². The Morgan fingerprint density at radius 2 is 1.88 bits per heavy atom. The average Bonchev–Trinajstić information content (AvgIpc) is 2.31. The van der Waals surface area contributed by atoms with Gasteiger partial charge in [0.2, 0.25) is 0 Å². The van der Waals surface area contributed by atoms with Gasteiger partial charge in [0.1, 0.15) is 12.7 Å². The molecule has 0 aliphatic heterocycles. The molecule has 0 saturated heterocycles. The molecule has 3 heteroatoms. The Hall–Kier alpha value is -0.120. The molecule has 2 unspecified atom stereocenters. The highest BCUT2D eigenvalue weighted by atomic mass is 16.5. The first-order valence-corrected chi connectivity index (χ1v) is 6.58. The summed E-state index contributed by atoms with van der Waals surface area (Å²) in [6.45, 7) is 4.78. The third-order valence-electron chi connectivity index (χ3n) is 2.90. The molecule has 0 aromatic heterocycles. The van der Waals surface area contributed by atoms with Crippen molar-refractivity contribution in [1.29, 1.82) is 0 Å². The maximum Gasteiger partial charge on any atom is 0.110 e. The van der Waals surface area contributed by atoms with Crippen LogP contribution in [0.4, 0.5) is 0 Å². The molecule has 0 fully saturated rings. The Bertz CT molecular complexity index is 139. The summed E-state index contributed by atoms with van der Waals surface area (Å²) in [6, 6.07) is 0. The van der Waals surface area contributed by atoms with E-state index in [0.717, 1.165) is 6.42 Å². The lowest BCUT2D eigenvalue weighted by atomic mass is 9.99. The first-order chi connectivity index (χ1) is 7.74. The van der Waals surface area contributed by atoms with Crippen molar-refractivity contribution in [3.63, 3.8) is 0 Å². The molecule has 1 N–H and O–H groups in total. The number of aliphatic hydroxyl groups excluding tert-OH is 1. The van der Waals surface area contributed by atoms with Crippen LogP contribution in [0.5, 0.6) is 0 Å². The standard InChI is InChI=1S/C13H27O3/c1-3-5-6-7-8-12(4-2)10-16-11-13(15)9-14/h12-13,15H,3-11H2,1-2H3. The SMILES string of the molecule is CCCCCCC(CC)COCC(O)C[O]. The minimum Gasteiger partial charge on any atom is -0.388 e. The second-order valence-electron chi connectivity index (χ2n) is 4.48. The van der Waals surface area contributed by atoms with Crippen LogP contribution in [0.2, 0.25) is 0 Å². The van der Waals surface area contributed by atoms with Crippen molar-refractivity contribution in [3.8, 4) is 0 Å². The average molecular weight is 231 g/mol. The fourth-order valence-electron chi connectivity index (χ4n) is 1.68. The van der Waals surface area contributed by atoms with Gasteiger partial charge in [-0.3, -0.25) is 0 Å². The lowest BCUT2D eigenvalue weighted by Crippen LogP contribution is -2.21. The molecule has 0 aliphatic carbocycles. The minimum absolute atomic E-state index is 0.189. The molecule has 2 atom stereocenters. The third-order valence-corrected chi connectivity index (χ3v) is 2.90. The van der Waals surface area contributed by atoms with Gasteiger partial charge in [0, 0.05) is 6.61 Å². The Kier molecular flexibility index (Phi) is 11.3. The molecule has 0 amide bonds. The summed E-state index contributed by atoms with van der Waals surface area (Å²) in [6.07, 6.45) is 6.62. The highest BCUT2D eigenvalue weighted by Crippen LogP contribution is 2.14. The summed E-state index contributed by atoms with van der Waals surface area (Å²) < 4.78 is 5.35. The number of unbranched alkanes of at least 4 members (excludes halogenated alkanes) is 3. The third kappa shape index (κ3) is 9.13. The fourth-order valence-corrected chi connectivity index (χ4v) is 1.68. The van der Waals surface area contributed by atoms with Gasteiger partial charge in [-0.15, -0.1) is 0 Å². The summed E-state index contributed by atoms with van der Waals surface area (Å²) in [4.78, 5) is 0. The van der Waals surface area contributed by atoms with E-state index in [1.54, 1.807) is 0 Å². The molecule has 1 radical (unpaired) electrons. The first kappa shape index (κ1) is 15.9. The van der Waals surface area contributed by atoms with Gasteiger partial charge in [-0.1, -0.05) is 46.0 Å². The molecule has 3 nitrogen and oxygen atoms in total. The molecule has 0 aromatic rings. The number of ether oxygens (including phenoxy) is 1. The normalized spacial score (nSPS) is 15.0. The molecule has 0 aliphatic rings. The summed E-state index contributed by atoms with van der Waals surface area (Å²) in [5.74, 6) is 0.579. The predicted molar refractivity (Wildman–Crippen MR) is 64.9 cm³/mol. The lowest BCUT2D eigenvalue weighted by Gasteiger charge is -2.16. The van der Waals surface area contributed by atoms with Gasteiger partial charge in [0.15, 0.2) is 0 Å². The smallest absolute Gasteiger partial charge is 0.110 e. The van der Waals surface area contributed by atoms with E-state index >= 15 is 0 Å². The van der Waals surface area contributed by atoms with Crippen LogP contribution in [0, 0.1) is 5.92 Å². The van der Waals surface area contributed by atoms with E-state index in [1.165, 1.54) is 32.1 Å². The highest BCUT2D eigenvalue weighted by Gasteiger charge is 2.08. The Balaban J connectivity index is 3.43. The number of rotatable bonds is 11.